The van der Waals surface area contributed by atoms with Crippen molar-refractivity contribution in [3.63, 3.8) is 0 Å². The third kappa shape index (κ3) is 4.26. The van der Waals surface area contributed by atoms with Crippen LogP contribution >= 0.6 is 0 Å². The van der Waals surface area contributed by atoms with Crippen LogP contribution in [0.3, 0.4) is 0 Å². The average molecular weight is 429 g/mol. The predicted octanol–water partition coefficient (Wildman–Crippen LogP) is 2.98. The molecule has 0 radical (unpaired) electrons. The van der Waals surface area contributed by atoms with Gasteiger partial charge in [-0.3, -0.25) is 4.79 Å². The molecule has 1 aliphatic heterocycles. The van der Waals surface area contributed by atoms with Crippen LogP contribution in [0.15, 0.2) is 85.7 Å². The number of aromatic nitrogens is 4. The zero-order valence-corrected chi connectivity index (χ0v) is 17.4. The van der Waals surface area contributed by atoms with E-state index >= 15 is 0 Å². The van der Waals surface area contributed by atoms with E-state index in [-0.39, 0.29) is 12.0 Å². The van der Waals surface area contributed by atoms with Crippen LogP contribution in [0.5, 0.6) is 5.75 Å². The van der Waals surface area contributed by atoms with Gasteiger partial charge in [-0.15, -0.1) is 0 Å². The molecule has 0 N–H and O–H groups in total. The first kappa shape index (κ1) is 20.0. The molecule has 2 aromatic carbocycles. The Kier molecular flexibility index (Phi) is 5.67. The summed E-state index contributed by atoms with van der Waals surface area (Å²) in [6.07, 6.45) is 6.83. The molecule has 5 rings (SSSR count). The van der Waals surface area contributed by atoms with Gasteiger partial charge in [0.1, 0.15) is 31.1 Å². The quantitative estimate of drug-likeness (QED) is 0.471. The van der Waals surface area contributed by atoms with Crippen molar-refractivity contribution in [2.45, 2.75) is 6.10 Å². The Bertz CT molecular complexity index is 1160. The van der Waals surface area contributed by atoms with Crippen LogP contribution in [0.1, 0.15) is 10.4 Å². The number of rotatable bonds is 6. The monoisotopic (exact) mass is 429 g/mol. The SMILES string of the molecule is O=C(c1ccccc1-n1cccc1)N1CCOC(COc2ccc(-n3cncn3)cc2)C1. The third-order valence-electron chi connectivity index (χ3n) is 5.40. The van der Waals surface area contributed by atoms with Gasteiger partial charge in [-0.2, -0.15) is 5.10 Å². The van der Waals surface area contributed by atoms with E-state index in [0.717, 1.165) is 17.1 Å². The van der Waals surface area contributed by atoms with E-state index in [1.54, 1.807) is 11.0 Å². The molecule has 0 saturated carbocycles. The predicted molar refractivity (Wildman–Crippen MR) is 118 cm³/mol. The highest BCUT2D eigenvalue weighted by Gasteiger charge is 2.27. The smallest absolute Gasteiger partial charge is 0.256 e. The number of carbonyl (C=O) groups excluding carboxylic acids is 1. The van der Waals surface area contributed by atoms with Crippen molar-refractivity contribution in [1.82, 2.24) is 24.2 Å². The van der Waals surface area contributed by atoms with Crippen LogP contribution in [0.2, 0.25) is 0 Å². The van der Waals surface area contributed by atoms with Crippen LogP contribution in [0.4, 0.5) is 0 Å². The minimum Gasteiger partial charge on any atom is -0.491 e. The highest BCUT2D eigenvalue weighted by atomic mass is 16.5. The maximum Gasteiger partial charge on any atom is 0.256 e. The van der Waals surface area contributed by atoms with Gasteiger partial charge < -0.3 is 18.9 Å². The Morgan fingerprint density at radius 1 is 1.06 bits per heavy atom. The summed E-state index contributed by atoms with van der Waals surface area (Å²) in [5.74, 6) is 0.735. The van der Waals surface area contributed by atoms with E-state index in [9.17, 15) is 4.79 Å². The summed E-state index contributed by atoms with van der Waals surface area (Å²) in [5.41, 5.74) is 2.45. The van der Waals surface area contributed by atoms with Crippen LogP contribution in [-0.2, 0) is 4.74 Å². The molecule has 2 aromatic heterocycles. The topological polar surface area (TPSA) is 74.4 Å². The molecule has 0 bridgehead atoms. The zero-order chi connectivity index (χ0) is 21.8. The zero-order valence-electron chi connectivity index (χ0n) is 17.4. The molecule has 162 valence electrons. The number of para-hydroxylation sites is 1. The van der Waals surface area contributed by atoms with Gasteiger partial charge >= 0.3 is 0 Å². The second-order valence-electron chi connectivity index (χ2n) is 7.50. The normalized spacial score (nSPS) is 16.1. The molecular formula is C24H23N5O3. The van der Waals surface area contributed by atoms with E-state index in [1.165, 1.54) is 6.33 Å². The van der Waals surface area contributed by atoms with Gasteiger partial charge in [-0.1, -0.05) is 12.1 Å². The Morgan fingerprint density at radius 3 is 2.66 bits per heavy atom. The summed E-state index contributed by atoms with van der Waals surface area (Å²) in [6.45, 7) is 1.89. The first-order valence-corrected chi connectivity index (χ1v) is 10.5. The fourth-order valence-corrected chi connectivity index (χ4v) is 3.78. The van der Waals surface area contributed by atoms with Crippen molar-refractivity contribution in [2.24, 2.45) is 0 Å². The van der Waals surface area contributed by atoms with Gasteiger partial charge in [0.25, 0.3) is 5.91 Å². The van der Waals surface area contributed by atoms with Crippen molar-refractivity contribution in [3.8, 4) is 17.1 Å². The van der Waals surface area contributed by atoms with Crippen molar-refractivity contribution in [1.29, 1.82) is 0 Å². The molecule has 4 aromatic rings. The Hall–Kier alpha value is -3.91. The van der Waals surface area contributed by atoms with Crippen LogP contribution in [0.25, 0.3) is 11.4 Å². The van der Waals surface area contributed by atoms with E-state index in [4.69, 9.17) is 9.47 Å². The molecule has 1 saturated heterocycles. The molecule has 0 aliphatic carbocycles. The molecule has 1 unspecified atom stereocenters. The summed E-state index contributed by atoms with van der Waals surface area (Å²) in [5, 5.41) is 4.11. The second kappa shape index (κ2) is 9.07. The van der Waals surface area contributed by atoms with Gasteiger partial charge in [0, 0.05) is 18.9 Å². The molecule has 1 aliphatic rings. The summed E-state index contributed by atoms with van der Waals surface area (Å²) in [4.78, 5) is 19.1. The number of nitrogens with zero attached hydrogens (tertiary/aromatic N) is 5. The van der Waals surface area contributed by atoms with Gasteiger partial charge in [-0.25, -0.2) is 9.67 Å². The Balaban J connectivity index is 1.22. The molecule has 1 atom stereocenters. The number of amides is 1. The summed E-state index contributed by atoms with van der Waals surface area (Å²) < 4.78 is 15.4. The van der Waals surface area contributed by atoms with Gasteiger partial charge in [0.15, 0.2) is 0 Å². The van der Waals surface area contributed by atoms with Gasteiger partial charge in [-0.05, 0) is 48.5 Å². The minimum absolute atomic E-state index is 0.000199. The first-order valence-electron chi connectivity index (χ1n) is 10.5. The molecule has 32 heavy (non-hydrogen) atoms. The average Bonchev–Trinajstić information content (AvgIpc) is 3.58. The van der Waals surface area contributed by atoms with Crippen molar-refractivity contribution < 1.29 is 14.3 Å². The highest BCUT2D eigenvalue weighted by Crippen LogP contribution is 2.20. The number of morpholine rings is 1. The van der Waals surface area contributed by atoms with Crippen molar-refractivity contribution in [2.75, 3.05) is 26.3 Å². The molecule has 1 amide bonds. The largest absolute Gasteiger partial charge is 0.491 e. The van der Waals surface area contributed by atoms with Gasteiger partial charge in [0.05, 0.1) is 30.1 Å². The second-order valence-corrected chi connectivity index (χ2v) is 7.50. The van der Waals surface area contributed by atoms with E-state index in [0.29, 0.717) is 31.9 Å². The van der Waals surface area contributed by atoms with Crippen molar-refractivity contribution in [3.05, 3.63) is 91.3 Å². The lowest BCUT2D eigenvalue weighted by Crippen LogP contribution is -2.47. The maximum absolute atomic E-state index is 13.3. The Morgan fingerprint density at radius 2 is 1.88 bits per heavy atom. The maximum atomic E-state index is 13.3. The Labute approximate surface area is 185 Å². The fourth-order valence-electron chi connectivity index (χ4n) is 3.78. The fraction of sp³-hybridized carbons (Fsp3) is 0.208. The first-order chi connectivity index (χ1) is 15.8. The van der Waals surface area contributed by atoms with Crippen molar-refractivity contribution >= 4 is 5.91 Å². The molecule has 8 nitrogen and oxygen atoms in total. The molecule has 1 fully saturated rings. The van der Waals surface area contributed by atoms with Crippen LogP contribution < -0.4 is 4.74 Å². The van der Waals surface area contributed by atoms with Crippen LogP contribution in [0, 0.1) is 0 Å². The highest BCUT2D eigenvalue weighted by molar-refractivity contribution is 5.97. The van der Waals surface area contributed by atoms with E-state index in [2.05, 4.69) is 10.1 Å². The van der Waals surface area contributed by atoms with Crippen LogP contribution in [-0.4, -0.2) is 62.5 Å². The molecule has 0 spiro atoms. The third-order valence-corrected chi connectivity index (χ3v) is 5.40. The summed E-state index contributed by atoms with van der Waals surface area (Å²) >= 11 is 0. The summed E-state index contributed by atoms with van der Waals surface area (Å²) in [6, 6.07) is 19.2. The van der Waals surface area contributed by atoms with E-state index in [1.807, 2.05) is 82.5 Å². The number of ether oxygens (including phenoxy) is 2. The molecule has 8 heteroatoms. The standard InChI is InChI=1S/C24H23N5O3/c30-24(22-5-1-2-6-23(22)27-11-3-4-12-27)28-13-14-31-21(15-28)16-32-20-9-7-19(8-10-20)29-18-25-17-26-29/h1-12,17-18,21H,13-16H2. The lowest BCUT2D eigenvalue weighted by atomic mass is 10.1. The minimum atomic E-state index is -0.193. The van der Waals surface area contributed by atoms with Gasteiger partial charge in [0.2, 0.25) is 0 Å². The lowest BCUT2D eigenvalue weighted by molar-refractivity contribution is -0.0401. The number of hydrogen-bond donors (Lipinski definition) is 0. The molecule has 3 heterocycles. The number of carbonyl (C=O) groups is 1. The molecular weight excluding hydrogens is 406 g/mol. The number of benzene rings is 2. The summed E-state index contributed by atoms with van der Waals surface area (Å²) in [7, 11) is 0. The van der Waals surface area contributed by atoms with E-state index < -0.39 is 0 Å². The number of hydrogen-bond acceptors (Lipinski definition) is 5. The lowest BCUT2D eigenvalue weighted by Gasteiger charge is -2.33.